The molecular weight excluding hydrogens is 373 g/mol. The van der Waals surface area contributed by atoms with Crippen LogP contribution < -0.4 is 0 Å². The first-order valence-electron chi connectivity index (χ1n) is 5.85. The molecule has 1 atom stereocenters. The minimum absolute atomic E-state index is 0. The van der Waals surface area contributed by atoms with E-state index >= 15 is 0 Å². The second-order valence-electron chi connectivity index (χ2n) is 4.33. The molecule has 0 bridgehead atoms. The average Bonchev–Trinajstić information content (AvgIpc) is 2.34. The topological polar surface area (TPSA) is 35.9 Å². The molecule has 19 heavy (non-hydrogen) atoms. The van der Waals surface area contributed by atoms with E-state index in [0.717, 1.165) is 10.9 Å². The Bertz CT molecular complexity index is 411. The van der Waals surface area contributed by atoms with Gasteiger partial charge in [0.1, 0.15) is 0 Å². The molecule has 0 aliphatic carbocycles. The Morgan fingerprint density at radius 2 is 1.63 bits per heavy atom. The lowest BCUT2D eigenvalue weighted by atomic mass is 10.4. The molecular formula is C13H22IN3OS. The summed E-state index contributed by atoms with van der Waals surface area (Å²) in [7, 11) is 6.84. The van der Waals surface area contributed by atoms with Crippen molar-refractivity contribution in [1.29, 1.82) is 0 Å². The summed E-state index contributed by atoms with van der Waals surface area (Å²) in [6, 6.07) is 9.51. The fourth-order valence-corrected chi connectivity index (χ4v) is 2.56. The quantitative estimate of drug-likeness (QED) is 0.444. The molecule has 0 aliphatic heterocycles. The Labute approximate surface area is 135 Å². The number of nitrogens with zero attached hydrogens (tertiary/aromatic N) is 3. The van der Waals surface area contributed by atoms with Gasteiger partial charge in [-0.25, -0.2) is 0 Å². The summed E-state index contributed by atoms with van der Waals surface area (Å²) in [5.41, 5.74) is 0. The van der Waals surface area contributed by atoms with Gasteiger partial charge in [-0.1, -0.05) is 18.2 Å². The van der Waals surface area contributed by atoms with Crippen LogP contribution in [0.4, 0.5) is 0 Å². The van der Waals surface area contributed by atoms with Gasteiger partial charge in [-0.2, -0.15) is 0 Å². The summed E-state index contributed by atoms with van der Waals surface area (Å²) >= 11 is 0. The minimum Gasteiger partial charge on any atom is -0.349 e. The Balaban J connectivity index is 0.00000324. The second-order valence-corrected chi connectivity index (χ2v) is 5.90. The van der Waals surface area contributed by atoms with Gasteiger partial charge in [0.05, 0.1) is 17.3 Å². The number of halogens is 1. The van der Waals surface area contributed by atoms with E-state index in [-0.39, 0.29) is 24.0 Å². The summed E-state index contributed by atoms with van der Waals surface area (Å²) in [4.78, 5) is 9.23. The van der Waals surface area contributed by atoms with Crippen molar-refractivity contribution in [1.82, 2.24) is 9.80 Å². The summed E-state index contributed by atoms with van der Waals surface area (Å²) < 4.78 is 12.0. The van der Waals surface area contributed by atoms with Gasteiger partial charge in [-0.3, -0.25) is 9.20 Å². The highest BCUT2D eigenvalue weighted by molar-refractivity contribution is 14.0. The molecule has 4 nitrogen and oxygen atoms in total. The molecule has 0 saturated heterocycles. The molecule has 108 valence electrons. The minimum atomic E-state index is -0.970. The van der Waals surface area contributed by atoms with Crippen molar-refractivity contribution in [2.75, 3.05) is 40.5 Å². The first-order valence-corrected chi connectivity index (χ1v) is 7.16. The van der Waals surface area contributed by atoms with Gasteiger partial charge in [-0.15, -0.1) is 24.0 Å². The number of benzene rings is 1. The van der Waals surface area contributed by atoms with E-state index in [9.17, 15) is 4.21 Å². The predicted molar refractivity (Wildman–Crippen MR) is 92.8 cm³/mol. The van der Waals surface area contributed by atoms with E-state index < -0.39 is 10.8 Å². The lowest BCUT2D eigenvalue weighted by Gasteiger charge is -2.22. The van der Waals surface area contributed by atoms with E-state index in [4.69, 9.17) is 0 Å². The molecule has 0 spiro atoms. The fraction of sp³-hybridized carbons (Fsp3) is 0.462. The summed E-state index contributed by atoms with van der Waals surface area (Å²) in [5, 5.41) is 0. The summed E-state index contributed by atoms with van der Waals surface area (Å²) in [6.45, 7) is 0.563. The van der Waals surface area contributed by atoms with E-state index in [0.29, 0.717) is 12.3 Å². The standard InChI is InChI=1S/C13H21N3OS.HI/c1-15(2)13(16(3)4)14-10-11-18(17)12-8-6-5-7-9-12;/h5-9H,10-11H2,1-4H3;1H. The third-order valence-electron chi connectivity index (χ3n) is 2.34. The van der Waals surface area contributed by atoms with Crippen LogP contribution in [0.5, 0.6) is 0 Å². The van der Waals surface area contributed by atoms with Crippen LogP contribution in [0.2, 0.25) is 0 Å². The maximum absolute atomic E-state index is 12.0. The maximum Gasteiger partial charge on any atom is 0.195 e. The number of aliphatic imine (C=N–C) groups is 1. The fourth-order valence-electron chi connectivity index (χ4n) is 1.60. The van der Waals surface area contributed by atoms with Crippen LogP contribution in [0.3, 0.4) is 0 Å². The summed E-state index contributed by atoms with van der Waals surface area (Å²) in [5.74, 6) is 1.44. The van der Waals surface area contributed by atoms with Gasteiger partial charge in [-0.05, 0) is 12.1 Å². The van der Waals surface area contributed by atoms with Crippen molar-refractivity contribution in [3.8, 4) is 0 Å². The van der Waals surface area contributed by atoms with Crippen LogP contribution in [0.1, 0.15) is 0 Å². The second kappa shape index (κ2) is 9.30. The molecule has 0 saturated carbocycles. The van der Waals surface area contributed by atoms with Crippen molar-refractivity contribution < 1.29 is 4.21 Å². The maximum atomic E-state index is 12.0. The average molecular weight is 395 g/mol. The molecule has 6 heteroatoms. The van der Waals surface area contributed by atoms with Gasteiger partial charge < -0.3 is 9.80 Å². The normalized spacial score (nSPS) is 11.2. The van der Waals surface area contributed by atoms with Crippen LogP contribution in [-0.4, -0.2) is 60.5 Å². The van der Waals surface area contributed by atoms with Crippen molar-refractivity contribution in [3.05, 3.63) is 30.3 Å². The Hall–Kier alpha value is -0.630. The van der Waals surface area contributed by atoms with E-state index in [1.807, 2.05) is 68.3 Å². The van der Waals surface area contributed by atoms with Gasteiger partial charge in [0, 0.05) is 38.8 Å². The van der Waals surface area contributed by atoms with Crippen molar-refractivity contribution in [2.24, 2.45) is 4.99 Å². The Kier molecular flexibility index (Phi) is 8.99. The molecule has 0 heterocycles. The first kappa shape index (κ1) is 18.4. The molecule has 0 fully saturated rings. The smallest absolute Gasteiger partial charge is 0.195 e. The van der Waals surface area contributed by atoms with Crippen LogP contribution in [0.25, 0.3) is 0 Å². The number of hydrogen-bond donors (Lipinski definition) is 0. The first-order chi connectivity index (χ1) is 8.52. The third kappa shape index (κ3) is 6.38. The molecule has 0 amide bonds. The lowest BCUT2D eigenvalue weighted by Crippen LogP contribution is -2.35. The largest absolute Gasteiger partial charge is 0.349 e. The van der Waals surface area contributed by atoms with Gasteiger partial charge in [0.15, 0.2) is 5.96 Å². The molecule has 1 aromatic rings. The summed E-state index contributed by atoms with van der Waals surface area (Å²) in [6.07, 6.45) is 0. The highest BCUT2D eigenvalue weighted by Crippen LogP contribution is 2.05. The SMILES string of the molecule is CN(C)C(=NCCS(=O)c1ccccc1)N(C)C.I. The van der Waals surface area contributed by atoms with Crippen molar-refractivity contribution >= 4 is 40.7 Å². The van der Waals surface area contributed by atoms with Crippen molar-refractivity contribution in [2.45, 2.75) is 4.90 Å². The van der Waals surface area contributed by atoms with Gasteiger partial charge in [0.2, 0.25) is 0 Å². The molecule has 1 rings (SSSR count). The third-order valence-corrected chi connectivity index (χ3v) is 3.69. The highest BCUT2D eigenvalue weighted by Gasteiger charge is 2.05. The van der Waals surface area contributed by atoms with Crippen LogP contribution in [0, 0.1) is 0 Å². The monoisotopic (exact) mass is 395 g/mol. The zero-order valence-electron chi connectivity index (χ0n) is 11.9. The number of hydrogen-bond acceptors (Lipinski definition) is 2. The molecule has 1 aromatic carbocycles. The molecule has 0 aliphatic rings. The molecule has 0 N–H and O–H groups in total. The van der Waals surface area contributed by atoms with Gasteiger partial charge in [0.25, 0.3) is 0 Å². The number of rotatable bonds is 4. The zero-order valence-corrected chi connectivity index (χ0v) is 15.0. The van der Waals surface area contributed by atoms with E-state index in [1.165, 1.54) is 0 Å². The lowest BCUT2D eigenvalue weighted by molar-refractivity contribution is 0.480. The van der Waals surface area contributed by atoms with Gasteiger partial charge >= 0.3 is 0 Å². The van der Waals surface area contributed by atoms with Crippen molar-refractivity contribution in [3.63, 3.8) is 0 Å². The Morgan fingerprint density at radius 3 is 2.11 bits per heavy atom. The highest BCUT2D eigenvalue weighted by atomic mass is 127. The zero-order chi connectivity index (χ0) is 13.5. The van der Waals surface area contributed by atoms with Crippen LogP contribution in [-0.2, 0) is 10.8 Å². The predicted octanol–water partition coefficient (Wildman–Crippen LogP) is 1.89. The van der Waals surface area contributed by atoms with E-state index in [2.05, 4.69) is 4.99 Å². The number of guanidine groups is 1. The molecule has 0 aromatic heterocycles. The molecule has 1 unspecified atom stereocenters. The van der Waals surface area contributed by atoms with Crippen LogP contribution in [0.15, 0.2) is 40.2 Å². The Morgan fingerprint density at radius 1 is 1.11 bits per heavy atom. The van der Waals surface area contributed by atoms with E-state index in [1.54, 1.807) is 0 Å². The molecule has 0 radical (unpaired) electrons. The van der Waals surface area contributed by atoms with Crippen LogP contribution >= 0.6 is 24.0 Å².